The predicted molar refractivity (Wildman–Crippen MR) is 65.1 cm³/mol. The van der Waals surface area contributed by atoms with Gasteiger partial charge in [-0.05, 0) is 61.9 Å². The van der Waals surface area contributed by atoms with E-state index in [0.29, 0.717) is 5.41 Å². The molecule has 0 heterocycles. The van der Waals surface area contributed by atoms with Crippen molar-refractivity contribution in [3.63, 3.8) is 0 Å². The summed E-state index contributed by atoms with van der Waals surface area (Å²) < 4.78 is 0. The molecule has 1 aliphatic carbocycles. The van der Waals surface area contributed by atoms with E-state index < -0.39 is 0 Å². The highest BCUT2D eigenvalue weighted by Gasteiger charge is 2.40. The van der Waals surface area contributed by atoms with Gasteiger partial charge in [0.05, 0.1) is 0 Å². The first-order valence-corrected chi connectivity index (χ1v) is 5.66. The number of nitrogens with two attached hydrogens (primary N) is 1. The molecule has 2 nitrogen and oxygen atoms in total. The second-order valence-electron chi connectivity index (χ2n) is 4.93. The van der Waals surface area contributed by atoms with Gasteiger partial charge in [-0.2, -0.15) is 0 Å². The first kappa shape index (κ1) is 10.5. The van der Waals surface area contributed by atoms with E-state index in [4.69, 9.17) is 5.73 Å². The van der Waals surface area contributed by atoms with E-state index in [1.54, 1.807) is 0 Å². The van der Waals surface area contributed by atoms with Crippen LogP contribution in [0.5, 0.6) is 0 Å². The van der Waals surface area contributed by atoms with Crippen molar-refractivity contribution in [2.24, 2.45) is 11.1 Å². The van der Waals surface area contributed by atoms with Crippen molar-refractivity contribution in [2.75, 3.05) is 18.4 Å². The van der Waals surface area contributed by atoms with Gasteiger partial charge in [-0.25, -0.2) is 0 Å². The average Bonchev–Trinajstić information content (AvgIpc) is 2.94. The van der Waals surface area contributed by atoms with Crippen LogP contribution in [0.1, 0.15) is 24.0 Å². The number of anilines is 1. The first-order valence-electron chi connectivity index (χ1n) is 5.66. The minimum Gasteiger partial charge on any atom is -0.384 e. The van der Waals surface area contributed by atoms with Crippen LogP contribution in [0, 0.1) is 19.3 Å². The van der Waals surface area contributed by atoms with Crippen molar-refractivity contribution in [1.29, 1.82) is 0 Å². The Morgan fingerprint density at radius 1 is 1.20 bits per heavy atom. The molecule has 0 spiro atoms. The summed E-state index contributed by atoms with van der Waals surface area (Å²) in [7, 11) is 0. The van der Waals surface area contributed by atoms with Crippen LogP contribution in [-0.2, 0) is 0 Å². The van der Waals surface area contributed by atoms with Crippen molar-refractivity contribution in [3.05, 3.63) is 29.3 Å². The van der Waals surface area contributed by atoms with Crippen LogP contribution in [0.2, 0.25) is 0 Å². The lowest BCUT2D eigenvalue weighted by atomic mass is 10.1. The second kappa shape index (κ2) is 3.86. The molecule has 0 saturated heterocycles. The first-order chi connectivity index (χ1) is 7.13. The monoisotopic (exact) mass is 204 g/mol. The molecule has 0 aromatic heterocycles. The van der Waals surface area contributed by atoms with Crippen molar-refractivity contribution in [1.82, 2.24) is 0 Å². The van der Waals surface area contributed by atoms with Crippen LogP contribution in [0.15, 0.2) is 18.2 Å². The molecule has 1 fully saturated rings. The number of rotatable bonds is 4. The molecule has 0 atom stereocenters. The Hall–Kier alpha value is -1.02. The van der Waals surface area contributed by atoms with Crippen LogP contribution >= 0.6 is 0 Å². The Morgan fingerprint density at radius 2 is 1.80 bits per heavy atom. The quantitative estimate of drug-likeness (QED) is 0.790. The summed E-state index contributed by atoms with van der Waals surface area (Å²) in [5.74, 6) is 0. The Bertz CT molecular complexity index is 333. The maximum absolute atomic E-state index is 5.75. The molecular weight excluding hydrogens is 184 g/mol. The van der Waals surface area contributed by atoms with Crippen LogP contribution in [-0.4, -0.2) is 13.1 Å². The van der Waals surface area contributed by atoms with Gasteiger partial charge in [0.1, 0.15) is 0 Å². The Kier molecular flexibility index (Phi) is 2.70. The van der Waals surface area contributed by atoms with Crippen LogP contribution in [0.3, 0.4) is 0 Å². The zero-order valence-corrected chi connectivity index (χ0v) is 9.64. The molecule has 1 aliphatic rings. The number of benzene rings is 1. The Balaban J connectivity index is 1.99. The summed E-state index contributed by atoms with van der Waals surface area (Å²) in [6, 6.07) is 6.58. The van der Waals surface area contributed by atoms with Gasteiger partial charge >= 0.3 is 0 Å². The van der Waals surface area contributed by atoms with E-state index in [0.717, 1.165) is 13.1 Å². The van der Waals surface area contributed by atoms with Gasteiger partial charge in [0.2, 0.25) is 0 Å². The Morgan fingerprint density at radius 3 is 2.27 bits per heavy atom. The summed E-state index contributed by atoms with van der Waals surface area (Å²) in [6.07, 6.45) is 2.56. The summed E-state index contributed by atoms with van der Waals surface area (Å²) >= 11 is 0. The number of hydrogen-bond acceptors (Lipinski definition) is 2. The van der Waals surface area contributed by atoms with Gasteiger partial charge in [-0.15, -0.1) is 0 Å². The van der Waals surface area contributed by atoms with Crippen molar-refractivity contribution in [2.45, 2.75) is 26.7 Å². The molecule has 0 bridgehead atoms. The standard InChI is InChI=1S/C13H20N2/c1-10-5-11(2)7-12(6-10)15-9-13(8-14)3-4-13/h5-7,15H,3-4,8-9,14H2,1-2H3. The normalized spacial score (nSPS) is 17.5. The maximum Gasteiger partial charge on any atom is 0.0345 e. The summed E-state index contributed by atoms with van der Waals surface area (Å²) in [6.45, 7) is 6.10. The summed E-state index contributed by atoms with van der Waals surface area (Å²) in [5.41, 5.74) is 10.0. The molecule has 0 radical (unpaired) electrons. The molecule has 0 amide bonds. The third-order valence-corrected chi connectivity index (χ3v) is 3.28. The zero-order valence-electron chi connectivity index (χ0n) is 9.64. The molecule has 1 aromatic rings. The third kappa shape index (κ3) is 2.51. The van der Waals surface area contributed by atoms with E-state index in [1.807, 2.05) is 0 Å². The molecule has 15 heavy (non-hydrogen) atoms. The van der Waals surface area contributed by atoms with Gasteiger partial charge < -0.3 is 11.1 Å². The molecule has 0 unspecified atom stereocenters. The SMILES string of the molecule is Cc1cc(C)cc(NCC2(CN)CC2)c1. The molecule has 0 aliphatic heterocycles. The van der Waals surface area contributed by atoms with Gasteiger partial charge in [0.15, 0.2) is 0 Å². The molecule has 82 valence electrons. The molecule has 2 rings (SSSR count). The largest absolute Gasteiger partial charge is 0.384 e. The molecule has 2 heteroatoms. The van der Waals surface area contributed by atoms with Crippen molar-refractivity contribution in [3.8, 4) is 0 Å². The highest BCUT2D eigenvalue weighted by molar-refractivity contribution is 5.48. The smallest absolute Gasteiger partial charge is 0.0345 e. The minimum atomic E-state index is 0.400. The van der Waals surface area contributed by atoms with E-state index >= 15 is 0 Å². The van der Waals surface area contributed by atoms with E-state index in [-0.39, 0.29) is 0 Å². The molecule has 1 saturated carbocycles. The van der Waals surface area contributed by atoms with Crippen molar-refractivity contribution >= 4 is 5.69 Å². The second-order valence-corrected chi connectivity index (χ2v) is 4.93. The summed E-state index contributed by atoms with van der Waals surface area (Å²) in [4.78, 5) is 0. The van der Waals surface area contributed by atoms with E-state index in [2.05, 4.69) is 37.4 Å². The lowest BCUT2D eigenvalue weighted by Gasteiger charge is -2.15. The van der Waals surface area contributed by atoms with Crippen LogP contribution < -0.4 is 11.1 Å². The van der Waals surface area contributed by atoms with Gasteiger partial charge in [-0.3, -0.25) is 0 Å². The van der Waals surface area contributed by atoms with E-state index in [1.165, 1.54) is 29.7 Å². The number of aryl methyl sites for hydroxylation is 2. The lowest BCUT2D eigenvalue weighted by molar-refractivity contribution is 0.556. The lowest BCUT2D eigenvalue weighted by Crippen LogP contribution is -2.24. The third-order valence-electron chi connectivity index (χ3n) is 3.28. The van der Waals surface area contributed by atoms with Crippen LogP contribution in [0.4, 0.5) is 5.69 Å². The highest BCUT2D eigenvalue weighted by atomic mass is 14.9. The number of hydrogen-bond donors (Lipinski definition) is 2. The van der Waals surface area contributed by atoms with Crippen LogP contribution in [0.25, 0.3) is 0 Å². The number of nitrogens with one attached hydrogen (secondary N) is 1. The van der Waals surface area contributed by atoms with E-state index in [9.17, 15) is 0 Å². The minimum absolute atomic E-state index is 0.400. The fraction of sp³-hybridized carbons (Fsp3) is 0.538. The highest BCUT2D eigenvalue weighted by Crippen LogP contribution is 2.44. The average molecular weight is 204 g/mol. The van der Waals surface area contributed by atoms with Gasteiger partial charge in [-0.1, -0.05) is 6.07 Å². The van der Waals surface area contributed by atoms with Crippen molar-refractivity contribution < 1.29 is 0 Å². The fourth-order valence-corrected chi connectivity index (χ4v) is 2.00. The molecule has 1 aromatic carbocycles. The fourth-order valence-electron chi connectivity index (χ4n) is 2.00. The molecule has 3 N–H and O–H groups in total. The zero-order chi connectivity index (χ0) is 10.9. The topological polar surface area (TPSA) is 38.0 Å². The molecular formula is C13H20N2. The predicted octanol–water partition coefficient (Wildman–Crippen LogP) is 2.45. The Labute approximate surface area is 91.9 Å². The van der Waals surface area contributed by atoms with Gasteiger partial charge in [0.25, 0.3) is 0 Å². The summed E-state index contributed by atoms with van der Waals surface area (Å²) in [5, 5.41) is 3.50. The van der Waals surface area contributed by atoms with Gasteiger partial charge in [0, 0.05) is 12.2 Å². The maximum atomic E-state index is 5.75.